The van der Waals surface area contributed by atoms with Crippen molar-refractivity contribution in [2.45, 2.75) is 11.8 Å². The Labute approximate surface area is 129 Å². The van der Waals surface area contributed by atoms with Gasteiger partial charge >= 0.3 is 0 Å². The van der Waals surface area contributed by atoms with Crippen molar-refractivity contribution in [3.8, 4) is 0 Å². The molecule has 22 heavy (non-hydrogen) atoms. The molecule has 0 aliphatic rings. The summed E-state index contributed by atoms with van der Waals surface area (Å²) in [6, 6.07) is 5.16. The normalized spacial score (nSPS) is 10.3. The van der Waals surface area contributed by atoms with Crippen LogP contribution >= 0.6 is 11.8 Å². The zero-order valence-corrected chi connectivity index (χ0v) is 12.4. The molecule has 1 heterocycles. The van der Waals surface area contributed by atoms with Crippen LogP contribution in [-0.2, 0) is 11.3 Å². The lowest BCUT2D eigenvalue weighted by Gasteiger charge is -2.02. The number of rotatable bonds is 6. The summed E-state index contributed by atoms with van der Waals surface area (Å²) in [4.78, 5) is 22.9. The number of carbonyl (C=O) groups excluding carboxylic acids is 2. The largest absolute Gasteiger partial charge is 0.414 e. The lowest BCUT2D eigenvalue weighted by molar-refractivity contribution is -0.118. The predicted molar refractivity (Wildman–Crippen MR) is 76.7 cm³/mol. The second kappa shape index (κ2) is 7.55. The van der Waals surface area contributed by atoms with Crippen molar-refractivity contribution in [1.29, 1.82) is 0 Å². The number of hydrogen-bond donors (Lipinski definition) is 2. The average Bonchev–Trinajstić information content (AvgIpc) is 2.99. The maximum Gasteiger partial charge on any atom is 0.277 e. The minimum absolute atomic E-state index is 0.0454. The first-order valence-electron chi connectivity index (χ1n) is 6.28. The topological polar surface area (TPSA) is 97.1 Å². The van der Waals surface area contributed by atoms with Crippen molar-refractivity contribution >= 4 is 23.6 Å². The fourth-order valence-corrected chi connectivity index (χ4v) is 2.08. The van der Waals surface area contributed by atoms with Crippen LogP contribution in [0.2, 0.25) is 0 Å². The van der Waals surface area contributed by atoms with Gasteiger partial charge in [0.2, 0.25) is 11.8 Å². The fraction of sp³-hybridized carbons (Fsp3) is 0.231. The Morgan fingerprint density at radius 1 is 1.27 bits per heavy atom. The van der Waals surface area contributed by atoms with Gasteiger partial charge in [-0.15, -0.1) is 10.2 Å². The lowest BCUT2D eigenvalue weighted by Crippen LogP contribution is -2.22. The molecule has 2 amide bonds. The van der Waals surface area contributed by atoms with Crippen LogP contribution < -0.4 is 10.6 Å². The molecule has 0 atom stereocenters. The van der Waals surface area contributed by atoms with E-state index in [0.29, 0.717) is 5.56 Å². The highest BCUT2D eigenvalue weighted by Crippen LogP contribution is 2.15. The van der Waals surface area contributed by atoms with Gasteiger partial charge in [0.05, 0.1) is 12.3 Å². The molecule has 116 valence electrons. The van der Waals surface area contributed by atoms with E-state index in [0.717, 1.165) is 11.8 Å². The number of thioether (sulfide) groups is 1. The molecular formula is C13H13FN4O3S. The van der Waals surface area contributed by atoms with Crippen LogP contribution in [-0.4, -0.2) is 34.8 Å². The number of amides is 2. The second-order valence-electron chi connectivity index (χ2n) is 4.11. The molecule has 0 unspecified atom stereocenters. The molecule has 0 aliphatic carbocycles. The van der Waals surface area contributed by atoms with E-state index in [1.165, 1.54) is 31.3 Å². The number of carbonyl (C=O) groups is 2. The monoisotopic (exact) mass is 324 g/mol. The standard InChI is InChI=1S/C13H13FN4O3S/c1-15-10(19)7-22-13-18-17-11(21-13)6-16-12(20)8-2-4-9(14)5-3-8/h2-5H,6-7H2,1H3,(H,15,19)(H,16,20). The highest BCUT2D eigenvalue weighted by atomic mass is 32.2. The number of aromatic nitrogens is 2. The van der Waals surface area contributed by atoms with Crippen molar-refractivity contribution in [1.82, 2.24) is 20.8 Å². The number of halogens is 1. The zero-order chi connectivity index (χ0) is 15.9. The number of nitrogens with zero attached hydrogens (tertiary/aromatic N) is 2. The molecule has 0 radical (unpaired) electrons. The van der Waals surface area contributed by atoms with Crippen molar-refractivity contribution in [2.24, 2.45) is 0 Å². The van der Waals surface area contributed by atoms with Crippen LogP contribution in [0.25, 0.3) is 0 Å². The summed E-state index contributed by atoms with van der Waals surface area (Å²) in [6.07, 6.45) is 0. The van der Waals surface area contributed by atoms with Gasteiger partial charge in [0.15, 0.2) is 0 Å². The van der Waals surface area contributed by atoms with Crippen LogP contribution in [0.3, 0.4) is 0 Å². The Bertz CT molecular complexity index is 660. The Morgan fingerprint density at radius 3 is 2.68 bits per heavy atom. The first kappa shape index (κ1) is 16.0. The molecule has 1 aromatic heterocycles. The zero-order valence-electron chi connectivity index (χ0n) is 11.6. The van der Waals surface area contributed by atoms with Crippen LogP contribution in [0, 0.1) is 5.82 Å². The van der Waals surface area contributed by atoms with Gasteiger partial charge in [0.25, 0.3) is 11.1 Å². The summed E-state index contributed by atoms with van der Waals surface area (Å²) in [5, 5.41) is 12.8. The second-order valence-corrected chi connectivity index (χ2v) is 5.04. The van der Waals surface area contributed by atoms with Gasteiger partial charge in [-0.3, -0.25) is 9.59 Å². The van der Waals surface area contributed by atoms with Crippen LogP contribution in [0.4, 0.5) is 4.39 Å². The first-order chi connectivity index (χ1) is 10.6. The van der Waals surface area contributed by atoms with Crippen molar-refractivity contribution in [3.05, 3.63) is 41.5 Å². The molecule has 9 heteroatoms. The van der Waals surface area contributed by atoms with E-state index < -0.39 is 5.82 Å². The average molecular weight is 324 g/mol. The summed E-state index contributed by atoms with van der Waals surface area (Å²) < 4.78 is 18.0. The number of benzene rings is 1. The summed E-state index contributed by atoms with van der Waals surface area (Å²) >= 11 is 1.10. The van der Waals surface area contributed by atoms with Crippen LogP contribution in [0.1, 0.15) is 16.2 Å². The predicted octanol–water partition coefficient (Wildman–Crippen LogP) is 0.977. The van der Waals surface area contributed by atoms with E-state index in [1.54, 1.807) is 0 Å². The molecule has 2 rings (SSSR count). The Hall–Kier alpha value is -2.42. The summed E-state index contributed by atoms with van der Waals surface area (Å²) in [5.74, 6) is -0.562. The fourth-order valence-electron chi connectivity index (χ4n) is 1.43. The van der Waals surface area contributed by atoms with Crippen LogP contribution in [0.5, 0.6) is 0 Å². The number of nitrogens with one attached hydrogen (secondary N) is 2. The Morgan fingerprint density at radius 2 is 2.00 bits per heavy atom. The molecule has 0 saturated heterocycles. The van der Waals surface area contributed by atoms with E-state index in [9.17, 15) is 14.0 Å². The van der Waals surface area contributed by atoms with E-state index in [1.807, 2.05) is 0 Å². The van der Waals surface area contributed by atoms with Gasteiger partial charge < -0.3 is 15.1 Å². The molecule has 0 fully saturated rings. The van der Waals surface area contributed by atoms with Gasteiger partial charge in [-0.25, -0.2) is 4.39 Å². The highest BCUT2D eigenvalue weighted by Gasteiger charge is 2.11. The third-order valence-corrected chi connectivity index (χ3v) is 3.38. The molecule has 0 spiro atoms. The third-order valence-electron chi connectivity index (χ3n) is 2.56. The summed E-state index contributed by atoms with van der Waals surface area (Å²) in [7, 11) is 1.53. The smallest absolute Gasteiger partial charge is 0.277 e. The van der Waals surface area contributed by atoms with E-state index >= 15 is 0 Å². The molecule has 2 N–H and O–H groups in total. The first-order valence-corrected chi connectivity index (χ1v) is 7.26. The Kier molecular flexibility index (Phi) is 5.48. The third kappa shape index (κ3) is 4.55. The van der Waals surface area contributed by atoms with Crippen molar-refractivity contribution < 1.29 is 18.4 Å². The van der Waals surface area contributed by atoms with Gasteiger partial charge in [-0.2, -0.15) is 0 Å². The molecule has 1 aromatic carbocycles. The lowest BCUT2D eigenvalue weighted by atomic mass is 10.2. The SMILES string of the molecule is CNC(=O)CSc1nnc(CNC(=O)c2ccc(F)cc2)o1. The van der Waals surface area contributed by atoms with Gasteiger partial charge in [0, 0.05) is 12.6 Å². The van der Waals surface area contributed by atoms with Gasteiger partial charge in [-0.05, 0) is 24.3 Å². The van der Waals surface area contributed by atoms with Crippen molar-refractivity contribution in [2.75, 3.05) is 12.8 Å². The molecule has 2 aromatic rings. The summed E-state index contributed by atoms with van der Waals surface area (Å²) in [5.41, 5.74) is 0.329. The molecule has 0 aliphatic heterocycles. The quantitative estimate of drug-likeness (QED) is 0.769. The van der Waals surface area contributed by atoms with Gasteiger partial charge in [-0.1, -0.05) is 11.8 Å². The van der Waals surface area contributed by atoms with Crippen LogP contribution in [0.15, 0.2) is 33.9 Å². The van der Waals surface area contributed by atoms with E-state index in [-0.39, 0.29) is 35.2 Å². The molecule has 0 saturated carbocycles. The molecule has 7 nitrogen and oxygen atoms in total. The summed E-state index contributed by atoms with van der Waals surface area (Å²) in [6.45, 7) is 0.0454. The minimum atomic E-state index is -0.411. The molecular weight excluding hydrogens is 311 g/mol. The van der Waals surface area contributed by atoms with E-state index in [2.05, 4.69) is 20.8 Å². The maximum absolute atomic E-state index is 12.8. The van der Waals surface area contributed by atoms with Crippen molar-refractivity contribution in [3.63, 3.8) is 0 Å². The van der Waals surface area contributed by atoms with Gasteiger partial charge in [0.1, 0.15) is 5.82 Å². The maximum atomic E-state index is 12.8. The Balaban J connectivity index is 1.84. The molecule has 0 bridgehead atoms. The minimum Gasteiger partial charge on any atom is -0.414 e. The van der Waals surface area contributed by atoms with E-state index in [4.69, 9.17) is 4.42 Å². The number of hydrogen-bond acceptors (Lipinski definition) is 6. The highest BCUT2D eigenvalue weighted by molar-refractivity contribution is 7.99.